The number of H-pyrrole nitrogens is 1. The van der Waals surface area contributed by atoms with Crippen LogP contribution < -0.4 is 16.0 Å². The number of aryl methyl sites for hydroxylation is 2. The second-order valence-electron chi connectivity index (χ2n) is 7.73. The standard InChI is InChI=1S/C21H23N7O/c1-12-11-22-21(23-15-6-7-16-14(9-15)5-8-19(29)24-16)26-20(12)25-18-10-17(27-28-18)13-3-2-4-13/h6-7,9-11,13H,2-5,8H2,1H3,(H,24,29)(H3,22,23,25,26,27,28). The van der Waals surface area contributed by atoms with E-state index in [4.69, 9.17) is 0 Å². The van der Waals surface area contributed by atoms with E-state index in [0.29, 0.717) is 18.3 Å². The first-order valence-electron chi connectivity index (χ1n) is 10.00. The normalized spacial score (nSPS) is 16.0. The smallest absolute Gasteiger partial charge is 0.229 e. The molecule has 1 aromatic carbocycles. The number of rotatable bonds is 5. The zero-order valence-corrected chi connectivity index (χ0v) is 16.2. The van der Waals surface area contributed by atoms with Gasteiger partial charge < -0.3 is 16.0 Å². The number of benzene rings is 1. The Balaban J connectivity index is 1.33. The molecule has 0 bridgehead atoms. The van der Waals surface area contributed by atoms with E-state index >= 15 is 0 Å². The second kappa shape index (κ2) is 7.20. The number of anilines is 5. The van der Waals surface area contributed by atoms with Crippen LogP contribution in [0.1, 0.15) is 48.4 Å². The number of aromatic nitrogens is 4. The molecule has 0 atom stereocenters. The van der Waals surface area contributed by atoms with Gasteiger partial charge >= 0.3 is 0 Å². The minimum atomic E-state index is 0.0645. The van der Waals surface area contributed by atoms with Crippen LogP contribution in [0.15, 0.2) is 30.5 Å². The first kappa shape index (κ1) is 17.7. The van der Waals surface area contributed by atoms with E-state index in [1.54, 1.807) is 6.20 Å². The summed E-state index contributed by atoms with van der Waals surface area (Å²) in [6.07, 6.45) is 6.79. The van der Waals surface area contributed by atoms with Gasteiger partial charge in [0, 0.05) is 47.2 Å². The Hall–Kier alpha value is -3.42. The summed E-state index contributed by atoms with van der Waals surface area (Å²) in [4.78, 5) is 20.5. The molecule has 0 radical (unpaired) electrons. The number of aromatic amines is 1. The minimum Gasteiger partial charge on any atom is -0.326 e. The molecule has 2 aliphatic rings. The van der Waals surface area contributed by atoms with Crippen molar-refractivity contribution in [2.75, 3.05) is 16.0 Å². The fourth-order valence-corrected chi connectivity index (χ4v) is 3.67. The Morgan fingerprint density at radius 2 is 2.03 bits per heavy atom. The van der Waals surface area contributed by atoms with Crippen LogP contribution in [-0.2, 0) is 11.2 Å². The van der Waals surface area contributed by atoms with Gasteiger partial charge in [0.25, 0.3) is 0 Å². The molecule has 1 fully saturated rings. The van der Waals surface area contributed by atoms with Gasteiger partial charge in [-0.3, -0.25) is 9.89 Å². The van der Waals surface area contributed by atoms with Gasteiger partial charge in [-0.05, 0) is 49.9 Å². The van der Waals surface area contributed by atoms with E-state index in [2.05, 4.69) is 42.2 Å². The minimum absolute atomic E-state index is 0.0645. The maximum Gasteiger partial charge on any atom is 0.229 e. The average molecular weight is 389 g/mol. The quantitative estimate of drug-likeness (QED) is 0.522. The molecular formula is C21H23N7O. The van der Waals surface area contributed by atoms with Crippen LogP contribution in [-0.4, -0.2) is 26.1 Å². The molecule has 8 heteroatoms. The fourth-order valence-electron chi connectivity index (χ4n) is 3.67. The van der Waals surface area contributed by atoms with Crippen molar-refractivity contribution in [3.05, 3.63) is 47.3 Å². The average Bonchev–Trinajstić information content (AvgIpc) is 3.11. The van der Waals surface area contributed by atoms with Crippen LogP contribution in [0.5, 0.6) is 0 Å². The Morgan fingerprint density at radius 1 is 1.14 bits per heavy atom. The Morgan fingerprint density at radius 3 is 2.86 bits per heavy atom. The van der Waals surface area contributed by atoms with E-state index in [-0.39, 0.29) is 5.91 Å². The highest BCUT2D eigenvalue weighted by Crippen LogP contribution is 2.36. The molecule has 1 aliphatic carbocycles. The highest BCUT2D eigenvalue weighted by Gasteiger charge is 2.21. The van der Waals surface area contributed by atoms with Crippen molar-refractivity contribution >= 4 is 34.9 Å². The van der Waals surface area contributed by atoms with E-state index in [9.17, 15) is 4.79 Å². The first-order chi connectivity index (χ1) is 14.1. The lowest BCUT2D eigenvalue weighted by atomic mass is 9.83. The maximum atomic E-state index is 11.5. The molecule has 1 amide bonds. The third-order valence-electron chi connectivity index (χ3n) is 5.62. The van der Waals surface area contributed by atoms with Gasteiger partial charge in [-0.2, -0.15) is 10.1 Å². The molecule has 2 aromatic heterocycles. The molecule has 0 saturated heterocycles. The molecule has 0 spiro atoms. The third-order valence-corrected chi connectivity index (χ3v) is 5.62. The van der Waals surface area contributed by atoms with Crippen molar-refractivity contribution < 1.29 is 4.79 Å². The van der Waals surface area contributed by atoms with Crippen LogP contribution >= 0.6 is 0 Å². The van der Waals surface area contributed by atoms with Crippen LogP contribution in [0, 0.1) is 6.92 Å². The molecule has 148 valence electrons. The van der Waals surface area contributed by atoms with Crippen molar-refractivity contribution in [3.8, 4) is 0 Å². The van der Waals surface area contributed by atoms with E-state index in [1.807, 2.05) is 25.1 Å². The van der Waals surface area contributed by atoms with Crippen molar-refractivity contribution in [1.29, 1.82) is 0 Å². The molecule has 4 N–H and O–H groups in total. The van der Waals surface area contributed by atoms with Crippen molar-refractivity contribution in [2.24, 2.45) is 0 Å². The predicted octanol–water partition coefficient (Wildman–Crippen LogP) is 4.15. The molecule has 5 rings (SSSR count). The Bertz CT molecular complexity index is 1070. The Labute approximate surface area is 168 Å². The van der Waals surface area contributed by atoms with E-state index < -0.39 is 0 Å². The highest BCUT2D eigenvalue weighted by atomic mass is 16.1. The summed E-state index contributed by atoms with van der Waals surface area (Å²) in [5, 5.41) is 17.0. The van der Waals surface area contributed by atoms with Gasteiger partial charge in [0.15, 0.2) is 5.82 Å². The van der Waals surface area contributed by atoms with Crippen molar-refractivity contribution in [1.82, 2.24) is 20.2 Å². The van der Waals surface area contributed by atoms with E-state index in [1.165, 1.54) is 25.0 Å². The van der Waals surface area contributed by atoms with Gasteiger partial charge in [0.1, 0.15) is 5.82 Å². The van der Waals surface area contributed by atoms with Crippen LogP contribution in [0.4, 0.5) is 29.0 Å². The summed E-state index contributed by atoms with van der Waals surface area (Å²) in [5.41, 5.74) is 5.00. The molecule has 0 unspecified atom stereocenters. The van der Waals surface area contributed by atoms with Crippen molar-refractivity contribution in [2.45, 2.75) is 44.9 Å². The van der Waals surface area contributed by atoms with Crippen LogP contribution in [0.25, 0.3) is 0 Å². The lowest BCUT2D eigenvalue weighted by Crippen LogP contribution is -2.18. The SMILES string of the molecule is Cc1cnc(Nc2ccc3c(c2)CCC(=O)N3)nc1Nc1cc(C2CCC2)[nH]n1. The molecule has 8 nitrogen and oxygen atoms in total. The zero-order chi connectivity index (χ0) is 19.8. The third kappa shape index (κ3) is 3.65. The lowest BCUT2D eigenvalue weighted by molar-refractivity contribution is -0.116. The highest BCUT2D eigenvalue weighted by molar-refractivity contribution is 5.94. The number of fused-ring (bicyclic) bond motifs is 1. The topological polar surface area (TPSA) is 108 Å². The summed E-state index contributed by atoms with van der Waals surface area (Å²) in [6, 6.07) is 7.92. The second-order valence-corrected chi connectivity index (χ2v) is 7.73. The summed E-state index contributed by atoms with van der Waals surface area (Å²) in [5.74, 6) is 2.67. The van der Waals surface area contributed by atoms with Crippen LogP contribution in [0.3, 0.4) is 0 Å². The molecule has 3 aromatic rings. The molecule has 29 heavy (non-hydrogen) atoms. The van der Waals surface area contributed by atoms with Crippen molar-refractivity contribution in [3.63, 3.8) is 0 Å². The number of carbonyl (C=O) groups excluding carboxylic acids is 1. The lowest BCUT2D eigenvalue weighted by Gasteiger charge is -2.23. The van der Waals surface area contributed by atoms with Gasteiger partial charge in [-0.1, -0.05) is 6.42 Å². The number of nitrogens with one attached hydrogen (secondary N) is 4. The van der Waals surface area contributed by atoms with Gasteiger partial charge in [-0.15, -0.1) is 0 Å². The maximum absolute atomic E-state index is 11.5. The number of hydrogen-bond acceptors (Lipinski definition) is 6. The fraction of sp³-hybridized carbons (Fsp3) is 0.333. The molecular weight excluding hydrogens is 366 g/mol. The number of carbonyl (C=O) groups is 1. The largest absolute Gasteiger partial charge is 0.326 e. The molecule has 1 aliphatic heterocycles. The number of nitrogens with zero attached hydrogens (tertiary/aromatic N) is 3. The van der Waals surface area contributed by atoms with Gasteiger partial charge in [-0.25, -0.2) is 4.98 Å². The summed E-state index contributed by atoms with van der Waals surface area (Å²) >= 11 is 0. The summed E-state index contributed by atoms with van der Waals surface area (Å²) < 4.78 is 0. The predicted molar refractivity (Wildman–Crippen MR) is 112 cm³/mol. The van der Waals surface area contributed by atoms with Crippen LogP contribution in [0.2, 0.25) is 0 Å². The summed E-state index contributed by atoms with van der Waals surface area (Å²) in [6.45, 7) is 1.97. The zero-order valence-electron chi connectivity index (χ0n) is 16.2. The monoisotopic (exact) mass is 389 g/mol. The Kier molecular flexibility index (Phi) is 4.38. The van der Waals surface area contributed by atoms with E-state index in [0.717, 1.165) is 40.6 Å². The molecule has 1 saturated carbocycles. The number of amides is 1. The molecule has 3 heterocycles. The first-order valence-corrected chi connectivity index (χ1v) is 10.00. The summed E-state index contributed by atoms with van der Waals surface area (Å²) in [7, 11) is 0. The van der Waals surface area contributed by atoms with Gasteiger partial charge in [0.05, 0.1) is 0 Å². The number of hydrogen-bond donors (Lipinski definition) is 4. The van der Waals surface area contributed by atoms with Gasteiger partial charge in [0.2, 0.25) is 11.9 Å².